The first-order valence-electron chi connectivity index (χ1n) is 15.5. The molecule has 1 aromatic carbocycles. The number of benzene rings is 1. The number of alkyl halides is 2. The summed E-state index contributed by atoms with van der Waals surface area (Å²) in [5.41, 5.74) is 10.0. The second kappa shape index (κ2) is 10.9. The lowest BCUT2D eigenvalue weighted by atomic mass is 9.68. The molecule has 1 fully saturated rings. The molecule has 0 amide bonds. The summed E-state index contributed by atoms with van der Waals surface area (Å²) in [7, 11) is 2.07. The van der Waals surface area contributed by atoms with Gasteiger partial charge in [-0.3, -0.25) is 4.90 Å². The van der Waals surface area contributed by atoms with Crippen LogP contribution < -0.4 is 20.1 Å². The van der Waals surface area contributed by atoms with Crippen molar-refractivity contribution < 1.29 is 22.8 Å². The number of nitriles is 1. The van der Waals surface area contributed by atoms with Crippen LogP contribution in [0.25, 0.3) is 11.5 Å². The Hall–Kier alpha value is -3.98. The molecular weight excluding hydrogens is 568 g/mol. The largest absolute Gasteiger partial charge is 0.483 e. The summed E-state index contributed by atoms with van der Waals surface area (Å²) in [5, 5.41) is 14.6. The van der Waals surface area contributed by atoms with E-state index in [1.807, 2.05) is 19.9 Å². The second-order valence-electron chi connectivity index (χ2n) is 12.5. The first kappa shape index (κ1) is 28.8. The number of nitrogen functional groups attached to an aromatic ring is 1. The van der Waals surface area contributed by atoms with E-state index < -0.39 is 17.9 Å². The van der Waals surface area contributed by atoms with Crippen LogP contribution in [0.5, 0.6) is 11.6 Å². The Kier molecular flexibility index (Phi) is 7.11. The number of aromatic nitrogens is 3. The molecule has 2 aromatic heterocycles. The maximum absolute atomic E-state index is 14.1. The lowest BCUT2D eigenvalue weighted by Crippen LogP contribution is -2.48. The highest BCUT2D eigenvalue weighted by atomic mass is 19.3. The topological polar surface area (TPSA) is 127 Å². The van der Waals surface area contributed by atoms with Crippen LogP contribution in [0, 0.1) is 11.3 Å². The molecule has 2 N–H and O–H groups in total. The molecule has 2 aliphatic carbocycles. The third-order valence-corrected chi connectivity index (χ3v) is 10.1. The van der Waals surface area contributed by atoms with Gasteiger partial charge in [-0.05, 0) is 89.6 Å². The van der Waals surface area contributed by atoms with Gasteiger partial charge in [0.25, 0.3) is 12.3 Å². The van der Waals surface area contributed by atoms with Crippen molar-refractivity contribution >= 4 is 11.5 Å². The lowest BCUT2D eigenvalue weighted by Gasteiger charge is -2.37. The highest BCUT2D eigenvalue weighted by molar-refractivity contribution is 5.70. The van der Waals surface area contributed by atoms with Gasteiger partial charge in [-0.15, -0.1) is 0 Å². The van der Waals surface area contributed by atoms with Crippen LogP contribution in [-0.2, 0) is 18.3 Å². The summed E-state index contributed by atoms with van der Waals surface area (Å²) in [6.45, 7) is 4.91. The lowest BCUT2D eigenvalue weighted by molar-refractivity contribution is 0.0721. The molecule has 3 aromatic rings. The Morgan fingerprint density at radius 1 is 1.20 bits per heavy atom. The number of nitrogens with two attached hydrogens (primary N) is 1. The fourth-order valence-electron chi connectivity index (χ4n) is 7.98. The van der Waals surface area contributed by atoms with Gasteiger partial charge in [-0.25, -0.2) is 13.8 Å². The molecule has 10 nitrogen and oxygen atoms in total. The van der Waals surface area contributed by atoms with E-state index in [4.69, 9.17) is 29.7 Å². The quantitative estimate of drug-likeness (QED) is 0.389. The molecule has 0 bridgehead atoms. The van der Waals surface area contributed by atoms with Gasteiger partial charge in [0.1, 0.15) is 24.8 Å². The number of ether oxygens (including phenoxy) is 2. The minimum atomic E-state index is -2.62. The van der Waals surface area contributed by atoms with Gasteiger partial charge in [-0.2, -0.15) is 10.2 Å². The summed E-state index contributed by atoms with van der Waals surface area (Å²) in [5.74, 6) is 1.71. The zero-order valence-corrected chi connectivity index (χ0v) is 25.3. The van der Waals surface area contributed by atoms with E-state index in [0.717, 1.165) is 61.8 Å². The van der Waals surface area contributed by atoms with Crippen LogP contribution >= 0.6 is 0 Å². The van der Waals surface area contributed by atoms with Gasteiger partial charge in [-0.1, -0.05) is 11.2 Å². The van der Waals surface area contributed by atoms with Crippen molar-refractivity contribution in [3.05, 3.63) is 40.1 Å². The molecule has 0 radical (unpaired) electrons. The van der Waals surface area contributed by atoms with Crippen LogP contribution in [-0.4, -0.2) is 71.4 Å². The minimum Gasteiger partial charge on any atom is -0.483 e. The molecule has 4 atom stereocenters. The number of rotatable bonds is 6. The molecule has 1 saturated heterocycles. The molecule has 2 aliphatic heterocycles. The molecule has 232 valence electrons. The number of anilines is 2. The molecule has 7 rings (SSSR count). The average Bonchev–Trinajstić information content (AvgIpc) is 3.74. The average molecular weight is 606 g/mol. The highest BCUT2D eigenvalue weighted by Crippen LogP contribution is 2.54. The molecule has 0 unspecified atom stereocenters. The van der Waals surface area contributed by atoms with Gasteiger partial charge in [0.15, 0.2) is 23.1 Å². The zero-order valence-electron chi connectivity index (χ0n) is 25.3. The Bertz CT molecular complexity index is 1640. The molecule has 12 heteroatoms. The van der Waals surface area contributed by atoms with Gasteiger partial charge >= 0.3 is 0 Å². The molecule has 1 spiro atoms. The first-order valence-corrected chi connectivity index (χ1v) is 15.5. The monoisotopic (exact) mass is 605 g/mol. The van der Waals surface area contributed by atoms with Crippen LogP contribution in [0.1, 0.15) is 74.0 Å². The Morgan fingerprint density at radius 3 is 2.77 bits per heavy atom. The van der Waals surface area contributed by atoms with E-state index >= 15 is 0 Å². The number of nitrogens with zero attached hydrogens (tertiary/aromatic N) is 6. The SMILES string of the molecule is CCN1c2nc(-c3noc4c3CCC[C@@]43CCc4ccc(N)c(C#N)c43)nc(O[C@@H](C)[C@@H]3CCCN3C)c2OC[C@H]1C(F)F. The van der Waals surface area contributed by atoms with Crippen LogP contribution in [0.4, 0.5) is 20.3 Å². The maximum atomic E-state index is 14.1. The third-order valence-electron chi connectivity index (χ3n) is 10.1. The molecule has 4 heterocycles. The highest BCUT2D eigenvalue weighted by Gasteiger charge is 2.49. The minimum absolute atomic E-state index is 0.188. The first-order chi connectivity index (χ1) is 21.3. The number of halogens is 2. The number of likely N-dealkylation sites (N-methyl/N-ethyl adjacent to an activating group) is 2. The van der Waals surface area contributed by atoms with Crippen molar-refractivity contribution in [1.82, 2.24) is 20.0 Å². The van der Waals surface area contributed by atoms with Crippen molar-refractivity contribution in [2.75, 3.05) is 37.4 Å². The normalized spacial score (nSPS) is 25.0. The van der Waals surface area contributed by atoms with Crippen molar-refractivity contribution in [2.24, 2.45) is 0 Å². The van der Waals surface area contributed by atoms with Gasteiger partial charge in [0.2, 0.25) is 5.75 Å². The number of likely N-dealkylation sites (tertiary alicyclic amines) is 1. The van der Waals surface area contributed by atoms with E-state index in [-0.39, 0.29) is 42.0 Å². The van der Waals surface area contributed by atoms with Crippen LogP contribution in [0.2, 0.25) is 0 Å². The van der Waals surface area contributed by atoms with Crippen molar-refractivity contribution in [2.45, 2.75) is 88.8 Å². The van der Waals surface area contributed by atoms with Crippen molar-refractivity contribution in [3.8, 4) is 29.2 Å². The predicted molar refractivity (Wildman–Crippen MR) is 159 cm³/mol. The van der Waals surface area contributed by atoms with E-state index in [0.29, 0.717) is 35.7 Å². The number of hydrogen-bond donors (Lipinski definition) is 1. The smallest absolute Gasteiger partial charge is 0.263 e. The van der Waals surface area contributed by atoms with E-state index in [9.17, 15) is 14.0 Å². The Labute approximate surface area is 255 Å². The summed E-state index contributed by atoms with van der Waals surface area (Å²) in [6, 6.07) is 5.17. The van der Waals surface area contributed by atoms with E-state index in [2.05, 4.69) is 23.2 Å². The van der Waals surface area contributed by atoms with Gasteiger partial charge in [0.05, 0.1) is 11.0 Å². The van der Waals surface area contributed by atoms with Crippen LogP contribution in [0.15, 0.2) is 16.7 Å². The van der Waals surface area contributed by atoms with Crippen molar-refractivity contribution in [3.63, 3.8) is 0 Å². The zero-order chi connectivity index (χ0) is 30.7. The Morgan fingerprint density at radius 2 is 2.05 bits per heavy atom. The maximum Gasteiger partial charge on any atom is 0.263 e. The molecular formula is C32H37F2N7O3. The second-order valence-corrected chi connectivity index (χ2v) is 12.5. The predicted octanol–water partition coefficient (Wildman–Crippen LogP) is 4.87. The van der Waals surface area contributed by atoms with E-state index in [1.54, 1.807) is 11.0 Å². The van der Waals surface area contributed by atoms with Gasteiger partial charge < -0.3 is 24.6 Å². The van der Waals surface area contributed by atoms with Crippen molar-refractivity contribution in [1.29, 1.82) is 5.26 Å². The molecule has 4 aliphatic rings. The molecule has 0 saturated carbocycles. The number of hydrogen-bond acceptors (Lipinski definition) is 10. The summed E-state index contributed by atoms with van der Waals surface area (Å²) < 4.78 is 46.8. The summed E-state index contributed by atoms with van der Waals surface area (Å²) >= 11 is 0. The summed E-state index contributed by atoms with van der Waals surface area (Å²) in [4.78, 5) is 13.5. The number of fused-ring (bicyclic) bond motifs is 5. The van der Waals surface area contributed by atoms with E-state index in [1.165, 1.54) is 0 Å². The standard InChI is InChI=1S/C32H37F2N7O3/c1-4-41-23(28(33)34)16-42-26-30(41)37-29(38-31(26)43-17(2)22-8-6-14-40(22)3)25-19-7-5-12-32(27(19)44-39-25)13-11-18-9-10-21(36)20(15-35)24(18)32/h9-10,17,22-23,28H,4-8,11-14,16,36H2,1-3H3/t17-,22-,23-,32-/m0/s1. The molecule has 44 heavy (non-hydrogen) atoms. The fraction of sp³-hybridized carbons (Fsp3) is 0.562. The van der Waals surface area contributed by atoms with Crippen LogP contribution in [0.3, 0.4) is 0 Å². The van der Waals surface area contributed by atoms with Gasteiger partial charge in [0, 0.05) is 23.8 Å². The summed E-state index contributed by atoms with van der Waals surface area (Å²) in [6.07, 6.45) is 3.14. The fourth-order valence-corrected chi connectivity index (χ4v) is 7.98. The Balaban J connectivity index is 1.36. The third kappa shape index (κ3) is 4.30. The number of aryl methyl sites for hydroxylation is 1.